The second-order valence-corrected chi connectivity index (χ2v) is 11.2. The number of primary amides is 1. The Kier molecular flexibility index (Phi) is 8.74. The fraction of sp³-hybridized carbons (Fsp3) is 0.250. The topological polar surface area (TPSA) is 174 Å². The predicted octanol–water partition coefficient (Wildman–Crippen LogP) is 3.31. The summed E-state index contributed by atoms with van der Waals surface area (Å²) in [6.45, 7) is 1.17. The first-order chi connectivity index (χ1) is 20.2. The number of esters is 1. The summed E-state index contributed by atoms with van der Waals surface area (Å²) in [5, 5.41) is 8.04. The summed E-state index contributed by atoms with van der Waals surface area (Å²) in [6.07, 6.45) is -0.947. The third-order valence-electron chi connectivity index (χ3n) is 6.32. The highest BCUT2D eigenvalue weighted by Crippen LogP contribution is 2.47. The molecule has 14 heteroatoms. The summed E-state index contributed by atoms with van der Waals surface area (Å²) in [6, 6.07) is 20.6. The van der Waals surface area contributed by atoms with Crippen molar-refractivity contribution in [3.63, 3.8) is 0 Å². The number of carbonyl (C=O) groups is 3. The maximum absolute atomic E-state index is 14.1. The number of rotatable bonds is 12. The SMILES string of the molecule is C[C@H](NP(=O)(OC[C@@H]1CC(=O)[C@H](n2cnc(C(N)=O)n2)O1)Oc1cccc2ccccc12)C(=O)OCc1ccccc1. The van der Waals surface area contributed by atoms with Crippen LogP contribution >= 0.6 is 7.75 Å². The van der Waals surface area contributed by atoms with Crippen molar-refractivity contribution in [1.29, 1.82) is 0 Å². The molecule has 0 aliphatic carbocycles. The second-order valence-electron chi connectivity index (χ2n) is 9.50. The molecule has 1 aliphatic heterocycles. The average Bonchev–Trinajstić information content (AvgIpc) is 3.62. The molecule has 3 aromatic carbocycles. The van der Waals surface area contributed by atoms with E-state index in [2.05, 4.69) is 15.2 Å². The molecule has 13 nitrogen and oxygen atoms in total. The van der Waals surface area contributed by atoms with Gasteiger partial charge in [-0.1, -0.05) is 66.7 Å². The summed E-state index contributed by atoms with van der Waals surface area (Å²) >= 11 is 0. The second kappa shape index (κ2) is 12.6. The van der Waals surface area contributed by atoms with Gasteiger partial charge in [-0.3, -0.25) is 18.9 Å². The van der Waals surface area contributed by atoms with Crippen LogP contribution in [0.2, 0.25) is 0 Å². The molecule has 4 atom stereocenters. The minimum atomic E-state index is -4.26. The van der Waals surface area contributed by atoms with E-state index in [1.165, 1.54) is 6.92 Å². The Hall–Kier alpha value is -4.42. The van der Waals surface area contributed by atoms with Crippen molar-refractivity contribution in [2.45, 2.75) is 38.3 Å². The molecule has 4 aromatic rings. The Labute approximate surface area is 240 Å². The molecule has 3 N–H and O–H groups in total. The highest BCUT2D eigenvalue weighted by Gasteiger charge is 2.39. The number of amides is 1. The normalized spacial score (nSPS) is 18.8. The minimum absolute atomic E-state index is 0.0280. The number of ether oxygens (including phenoxy) is 2. The Bertz CT molecular complexity index is 1640. The molecule has 1 fully saturated rings. The third kappa shape index (κ3) is 6.89. The summed E-state index contributed by atoms with van der Waals surface area (Å²) in [7, 11) is -4.26. The maximum atomic E-state index is 14.1. The first kappa shape index (κ1) is 29.1. The van der Waals surface area contributed by atoms with Crippen LogP contribution in [0.5, 0.6) is 5.75 Å². The molecular weight excluding hydrogens is 565 g/mol. The van der Waals surface area contributed by atoms with Gasteiger partial charge in [0.1, 0.15) is 24.7 Å². The molecule has 5 rings (SSSR count). The highest BCUT2D eigenvalue weighted by molar-refractivity contribution is 7.52. The monoisotopic (exact) mass is 593 g/mol. The van der Waals surface area contributed by atoms with Crippen LogP contribution in [0.1, 0.15) is 35.8 Å². The van der Waals surface area contributed by atoms with Crippen molar-refractivity contribution < 1.29 is 37.5 Å². The van der Waals surface area contributed by atoms with E-state index in [1.807, 2.05) is 54.6 Å². The molecule has 0 bridgehead atoms. The quantitative estimate of drug-likeness (QED) is 0.182. The number of nitrogens with two attached hydrogens (primary N) is 1. The van der Waals surface area contributed by atoms with E-state index >= 15 is 0 Å². The van der Waals surface area contributed by atoms with Crippen molar-refractivity contribution in [2.75, 3.05) is 6.61 Å². The molecule has 2 heterocycles. The molecule has 1 amide bonds. The van der Waals surface area contributed by atoms with E-state index < -0.39 is 38.0 Å². The van der Waals surface area contributed by atoms with E-state index in [4.69, 9.17) is 24.3 Å². The summed E-state index contributed by atoms with van der Waals surface area (Å²) in [5.74, 6) is -1.89. The van der Waals surface area contributed by atoms with Gasteiger partial charge in [-0.05, 0) is 23.9 Å². The van der Waals surface area contributed by atoms with E-state index in [9.17, 15) is 18.9 Å². The van der Waals surface area contributed by atoms with Crippen molar-refractivity contribution in [3.8, 4) is 5.75 Å². The fourth-order valence-corrected chi connectivity index (χ4v) is 5.80. The van der Waals surface area contributed by atoms with Gasteiger partial charge in [0.05, 0.1) is 12.7 Å². The lowest BCUT2D eigenvalue weighted by Crippen LogP contribution is -2.35. The van der Waals surface area contributed by atoms with Gasteiger partial charge < -0.3 is 19.7 Å². The Morgan fingerprint density at radius 1 is 1.12 bits per heavy atom. The molecule has 1 aliphatic rings. The number of nitrogens with zero attached hydrogens (tertiary/aromatic N) is 3. The summed E-state index contributed by atoms with van der Waals surface area (Å²) in [5.41, 5.74) is 5.97. The molecule has 1 saturated heterocycles. The zero-order valence-corrected chi connectivity index (χ0v) is 23.4. The molecule has 42 heavy (non-hydrogen) atoms. The number of aromatic nitrogens is 3. The van der Waals surface area contributed by atoms with Gasteiger partial charge in [0.25, 0.3) is 5.91 Å². The van der Waals surface area contributed by atoms with Gasteiger partial charge in [-0.25, -0.2) is 14.2 Å². The maximum Gasteiger partial charge on any atom is 0.459 e. The molecular formula is C28H28N5O8P. The summed E-state index contributed by atoms with van der Waals surface area (Å²) in [4.78, 5) is 40.5. The van der Waals surface area contributed by atoms with Gasteiger partial charge in [0, 0.05) is 11.8 Å². The van der Waals surface area contributed by atoms with Crippen molar-refractivity contribution in [1.82, 2.24) is 19.9 Å². The van der Waals surface area contributed by atoms with Crippen LogP contribution < -0.4 is 15.3 Å². The number of Topliss-reactive ketones (excluding diaryl/α,β-unsaturated/α-hetero) is 1. The van der Waals surface area contributed by atoms with Crippen LogP contribution in [-0.2, 0) is 34.8 Å². The number of fused-ring (bicyclic) bond motifs is 1. The smallest absolute Gasteiger partial charge is 0.459 e. The van der Waals surface area contributed by atoms with E-state index in [0.717, 1.165) is 22.0 Å². The standard InChI is InChI=1S/C28H28N5O8P/c1-18(28(36)38-15-19-8-3-2-4-9-19)32-42(37,41-24-13-7-11-20-10-5-6-12-22(20)24)39-16-21-14-23(34)27(40-21)33-17-30-26(31-33)25(29)35/h2-13,17-18,21,27H,14-16H2,1H3,(H2,29,35)(H,32,37)/t18-,21-,27+,42?/m0/s1. The molecule has 1 unspecified atom stereocenters. The Morgan fingerprint density at radius 2 is 1.86 bits per heavy atom. The number of ketones is 1. The lowest BCUT2D eigenvalue weighted by molar-refractivity contribution is -0.146. The number of carbonyl (C=O) groups excluding carboxylic acids is 3. The lowest BCUT2D eigenvalue weighted by atomic mass is 10.1. The molecule has 0 radical (unpaired) electrons. The van der Waals surface area contributed by atoms with Gasteiger partial charge in [0.15, 0.2) is 5.78 Å². The average molecular weight is 594 g/mol. The van der Waals surface area contributed by atoms with Gasteiger partial charge >= 0.3 is 13.7 Å². The van der Waals surface area contributed by atoms with Gasteiger partial charge in [0.2, 0.25) is 12.1 Å². The van der Waals surface area contributed by atoms with Crippen LogP contribution in [0.4, 0.5) is 0 Å². The Morgan fingerprint density at radius 3 is 2.62 bits per heavy atom. The lowest BCUT2D eigenvalue weighted by Gasteiger charge is -2.24. The van der Waals surface area contributed by atoms with Crippen molar-refractivity contribution >= 4 is 36.2 Å². The number of nitrogens with one attached hydrogen (secondary N) is 1. The van der Waals surface area contributed by atoms with Gasteiger partial charge in [-0.2, -0.15) is 5.09 Å². The van der Waals surface area contributed by atoms with Crippen LogP contribution in [0.15, 0.2) is 79.1 Å². The van der Waals surface area contributed by atoms with Crippen LogP contribution in [0, 0.1) is 0 Å². The largest absolute Gasteiger partial charge is 0.460 e. The molecule has 0 saturated carbocycles. The minimum Gasteiger partial charge on any atom is -0.460 e. The first-order valence-electron chi connectivity index (χ1n) is 13.0. The summed E-state index contributed by atoms with van der Waals surface area (Å²) < 4.78 is 38.0. The zero-order valence-electron chi connectivity index (χ0n) is 22.5. The van der Waals surface area contributed by atoms with Crippen LogP contribution in [-0.4, -0.2) is 51.2 Å². The van der Waals surface area contributed by atoms with Gasteiger partial charge in [-0.15, -0.1) is 5.10 Å². The van der Waals surface area contributed by atoms with Crippen molar-refractivity contribution in [2.24, 2.45) is 5.73 Å². The molecule has 218 valence electrons. The number of hydrogen-bond acceptors (Lipinski definition) is 10. The highest BCUT2D eigenvalue weighted by atomic mass is 31.2. The molecule has 0 spiro atoms. The fourth-order valence-electron chi connectivity index (χ4n) is 4.26. The molecule has 1 aromatic heterocycles. The number of hydrogen-bond donors (Lipinski definition) is 2. The zero-order chi connectivity index (χ0) is 29.7. The third-order valence-corrected chi connectivity index (χ3v) is 7.95. The van der Waals surface area contributed by atoms with E-state index in [1.54, 1.807) is 18.2 Å². The van der Waals surface area contributed by atoms with Crippen molar-refractivity contribution in [3.05, 3.63) is 90.5 Å². The predicted molar refractivity (Wildman–Crippen MR) is 149 cm³/mol. The van der Waals surface area contributed by atoms with Crippen LogP contribution in [0.3, 0.4) is 0 Å². The number of benzene rings is 3. The first-order valence-corrected chi connectivity index (χ1v) is 14.5. The van der Waals surface area contributed by atoms with Crippen LogP contribution in [0.25, 0.3) is 10.8 Å². The Balaban J connectivity index is 1.30. The van der Waals surface area contributed by atoms with E-state index in [-0.39, 0.29) is 37.0 Å². The van der Waals surface area contributed by atoms with E-state index in [0.29, 0.717) is 5.39 Å².